The van der Waals surface area contributed by atoms with E-state index in [1.54, 1.807) is 0 Å². The monoisotopic (exact) mass is 222 g/mol. The maximum absolute atomic E-state index is 4.19. The second-order valence-corrected chi connectivity index (χ2v) is 4.19. The summed E-state index contributed by atoms with van der Waals surface area (Å²) in [4.78, 5) is 6.38. The summed E-state index contributed by atoms with van der Waals surface area (Å²) in [7, 11) is 4.17. The second kappa shape index (κ2) is 6.33. The van der Waals surface area contributed by atoms with Gasteiger partial charge in [0.15, 0.2) is 0 Å². The first-order valence-electron chi connectivity index (χ1n) is 5.72. The van der Waals surface area contributed by atoms with E-state index in [2.05, 4.69) is 54.5 Å². The van der Waals surface area contributed by atoms with Crippen molar-refractivity contribution in [2.24, 2.45) is 0 Å². The highest BCUT2D eigenvalue weighted by Gasteiger charge is 2.03. The Bertz CT molecular complexity index is 312. The Morgan fingerprint density at radius 3 is 2.44 bits per heavy atom. The Morgan fingerprint density at radius 1 is 1.25 bits per heavy atom. The van der Waals surface area contributed by atoms with Crippen LogP contribution in [0.5, 0.6) is 0 Å². The molecule has 0 radical (unpaired) electrons. The number of hydrogen-bond acceptors (Lipinski definition) is 4. The summed E-state index contributed by atoms with van der Waals surface area (Å²) in [5, 5.41) is 6.63. The summed E-state index contributed by atoms with van der Waals surface area (Å²) in [6.45, 7) is 6.10. The maximum Gasteiger partial charge on any atom is 0.0548 e. The molecule has 1 unspecified atom stereocenters. The van der Waals surface area contributed by atoms with Gasteiger partial charge in [-0.2, -0.15) is 0 Å². The van der Waals surface area contributed by atoms with E-state index in [9.17, 15) is 0 Å². The summed E-state index contributed by atoms with van der Waals surface area (Å²) >= 11 is 0. The van der Waals surface area contributed by atoms with Crippen LogP contribution < -0.4 is 10.6 Å². The highest BCUT2D eigenvalue weighted by molar-refractivity contribution is 5.53. The first-order chi connectivity index (χ1) is 7.63. The van der Waals surface area contributed by atoms with Crippen molar-refractivity contribution >= 4 is 11.4 Å². The van der Waals surface area contributed by atoms with Crippen molar-refractivity contribution in [2.75, 3.05) is 37.8 Å². The van der Waals surface area contributed by atoms with Gasteiger partial charge in [-0.1, -0.05) is 0 Å². The average Bonchev–Trinajstić information content (AvgIpc) is 2.26. The van der Waals surface area contributed by atoms with Gasteiger partial charge in [-0.05, 0) is 34.0 Å². The predicted molar refractivity (Wildman–Crippen MR) is 70.0 cm³/mol. The molecular weight excluding hydrogens is 200 g/mol. The minimum absolute atomic E-state index is 0.503. The van der Waals surface area contributed by atoms with Gasteiger partial charge in [0.25, 0.3) is 0 Å². The molecule has 90 valence electrons. The van der Waals surface area contributed by atoms with E-state index in [0.717, 1.165) is 24.5 Å². The van der Waals surface area contributed by atoms with Crippen LogP contribution in [-0.2, 0) is 0 Å². The zero-order valence-corrected chi connectivity index (χ0v) is 10.6. The van der Waals surface area contributed by atoms with Gasteiger partial charge in [0.1, 0.15) is 0 Å². The lowest BCUT2D eigenvalue weighted by Gasteiger charge is -2.20. The van der Waals surface area contributed by atoms with Gasteiger partial charge in [-0.3, -0.25) is 4.98 Å². The molecule has 1 aromatic heterocycles. The molecule has 1 rings (SSSR count). The number of anilines is 2. The van der Waals surface area contributed by atoms with E-state index in [4.69, 9.17) is 0 Å². The van der Waals surface area contributed by atoms with Crippen LogP contribution in [0.1, 0.15) is 13.8 Å². The average molecular weight is 222 g/mol. The van der Waals surface area contributed by atoms with Crippen molar-refractivity contribution < 1.29 is 0 Å². The normalized spacial score (nSPS) is 12.6. The van der Waals surface area contributed by atoms with E-state index < -0.39 is 0 Å². The fourth-order valence-electron chi connectivity index (χ4n) is 1.29. The summed E-state index contributed by atoms with van der Waals surface area (Å²) in [5.41, 5.74) is 2.12. The molecule has 0 amide bonds. The van der Waals surface area contributed by atoms with Gasteiger partial charge >= 0.3 is 0 Å². The summed E-state index contributed by atoms with van der Waals surface area (Å²) in [6.07, 6.45) is 3.69. The fourth-order valence-corrected chi connectivity index (χ4v) is 1.29. The van der Waals surface area contributed by atoms with Crippen LogP contribution in [0.15, 0.2) is 18.5 Å². The first-order valence-corrected chi connectivity index (χ1v) is 5.72. The molecular formula is C12H22N4. The molecule has 0 aliphatic carbocycles. The molecule has 4 nitrogen and oxygen atoms in total. The van der Waals surface area contributed by atoms with E-state index in [1.165, 1.54) is 0 Å². The Balaban J connectivity index is 2.50. The van der Waals surface area contributed by atoms with E-state index in [1.807, 2.05) is 12.4 Å². The van der Waals surface area contributed by atoms with Crippen LogP contribution in [0.25, 0.3) is 0 Å². The SMILES string of the molecule is CCNc1cncc(NCC(C)N(C)C)c1. The van der Waals surface area contributed by atoms with Crippen LogP contribution in [0.4, 0.5) is 11.4 Å². The molecule has 1 heterocycles. The van der Waals surface area contributed by atoms with Crippen molar-refractivity contribution in [1.82, 2.24) is 9.88 Å². The molecule has 4 heteroatoms. The zero-order valence-electron chi connectivity index (χ0n) is 10.6. The smallest absolute Gasteiger partial charge is 0.0548 e. The van der Waals surface area contributed by atoms with Gasteiger partial charge in [0, 0.05) is 19.1 Å². The third-order valence-electron chi connectivity index (χ3n) is 2.60. The van der Waals surface area contributed by atoms with Crippen LogP contribution in [0.2, 0.25) is 0 Å². The third-order valence-corrected chi connectivity index (χ3v) is 2.60. The third kappa shape index (κ3) is 4.06. The largest absolute Gasteiger partial charge is 0.384 e. The number of hydrogen-bond donors (Lipinski definition) is 2. The molecule has 0 spiro atoms. The Hall–Kier alpha value is -1.29. The highest BCUT2D eigenvalue weighted by Crippen LogP contribution is 2.12. The predicted octanol–water partition coefficient (Wildman–Crippen LogP) is 1.88. The van der Waals surface area contributed by atoms with Crippen LogP contribution >= 0.6 is 0 Å². The van der Waals surface area contributed by atoms with Crippen LogP contribution in [-0.4, -0.2) is 43.1 Å². The van der Waals surface area contributed by atoms with Gasteiger partial charge in [-0.25, -0.2) is 0 Å². The Morgan fingerprint density at radius 2 is 1.88 bits per heavy atom. The molecule has 2 N–H and O–H groups in total. The number of aromatic nitrogens is 1. The van der Waals surface area contributed by atoms with E-state index in [-0.39, 0.29) is 0 Å². The molecule has 1 aromatic rings. The number of rotatable bonds is 6. The van der Waals surface area contributed by atoms with Crippen molar-refractivity contribution in [3.63, 3.8) is 0 Å². The summed E-state index contributed by atoms with van der Waals surface area (Å²) in [6, 6.07) is 2.58. The van der Waals surface area contributed by atoms with Gasteiger partial charge < -0.3 is 15.5 Å². The summed E-state index contributed by atoms with van der Waals surface area (Å²) in [5.74, 6) is 0. The molecule has 0 saturated heterocycles. The van der Waals surface area contributed by atoms with Crippen molar-refractivity contribution in [1.29, 1.82) is 0 Å². The Labute approximate surface area is 98.1 Å². The van der Waals surface area contributed by atoms with Gasteiger partial charge in [0.05, 0.1) is 23.8 Å². The van der Waals surface area contributed by atoms with Crippen molar-refractivity contribution in [3.8, 4) is 0 Å². The fraction of sp³-hybridized carbons (Fsp3) is 0.583. The molecule has 16 heavy (non-hydrogen) atoms. The second-order valence-electron chi connectivity index (χ2n) is 4.19. The maximum atomic E-state index is 4.19. The molecule has 0 aliphatic rings. The van der Waals surface area contributed by atoms with E-state index >= 15 is 0 Å². The minimum atomic E-state index is 0.503. The topological polar surface area (TPSA) is 40.2 Å². The number of likely N-dealkylation sites (N-methyl/N-ethyl adjacent to an activating group) is 1. The lowest BCUT2D eigenvalue weighted by Crippen LogP contribution is -2.31. The molecule has 0 fully saturated rings. The van der Waals surface area contributed by atoms with Crippen LogP contribution in [0.3, 0.4) is 0 Å². The molecule has 0 aromatic carbocycles. The van der Waals surface area contributed by atoms with Gasteiger partial charge in [0.2, 0.25) is 0 Å². The lowest BCUT2D eigenvalue weighted by atomic mass is 10.3. The highest BCUT2D eigenvalue weighted by atomic mass is 15.1. The van der Waals surface area contributed by atoms with Crippen molar-refractivity contribution in [3.05, 3.63) is 18.5 Å². The lowest BCUT2D eigenvalue weighted by molar-refractivity contribution is 0.326. The standard InChI is InChI=1S/C12H22N4/c1-5-14-11-6-12(9-13-8-11)15-7-10(2)16(3)4/h6,8-10,14-15H,5,7H2,1-4H3. The summed E-state index contributed by atoms with van der Waals surface area (Å²) < 4.78 is 0. The first kappa shape index (κ1) is 12.8. The number of nitrogens with zero attached hydrogens (tertiary/aromatic N) is 2. The van der Waals surface area contributed by atoms with Crippen molar-refractivity contribution in [2.45, 2.75) is 19.9 Å². The zero-order chi connectivity index (χ0) is 12.0. The molecule has 0 bridgehead atoms. The molecule has 1 atom stereocenters. The molecule has 0 aliphatic heterocycles. The minimum Gasteiger partial charge on any atom is -0.384 e. The van der Waals surface area contributed by atoms with Gasteiger partial charge in [-0.15, -0.1) is 0 Å². The molecule has 0 saturated carbocycles. The quantitative estimate of drug-likeness (QED) is 0.771. The van der Waals surface area contributed by atoms with E-state index in [0.29, 0.717) is 6.04 Å². The number of pyridine rings is 1. The Kier molecular flexibility index (Phi) is 5.05. The number of nitrogens with one attached hydrogen (secondary N) is 2. The van der Waals surface area contributed by atoms with Crippen LogP contribution in [0, 0.1) is 0 Å².